The highest BCUT2D eigenvalue weighted by Gasteiger charge is 2.13. The van der Waals surface area contributed by atoms with Crippen molar-refractivity contribution in [3.05, 3.63) is 0 Å². The molecule has 1 fully saturated rings. The van der Waals surface area contributed by atoms with Crippen molar-refractivity contribution in [2.75, 3.05) is 27.2 Å². The summed E-state index contributed by atoms with van der Waals surface area (Å²) in [6.45, 7) is 6.49. The molecule has 1 atom stereocenters. The van der Waals surface area contributed by atoms with Gasteiger partial charge in [-0.15, -0.1) is 0 Å². The second kappa shape index (κ2) is 15.3. The second-order valence-electron chi connectivity index (χ2n) is 3.80. The minimum Gasteiger partial charge on any atom is -0.316 e. The van der Waals surface area contributed by atoms with Crippen LogP contribution in [0.15, 0.2) is 0 Å². The third-order valence-corrected chi connectivity index (χ3v) is 2.44. The third kappa shape index (κ3) is 13.2. The lowest BCUT2D eigenvalue weighted by Gasteiger charge is -2.29. The van der Waals surface area contributed by atoms with Gasteiger partial charge in [0.2, 0.25) is 0 Å². The van der Waals surface area contributed by atoms with Crippen molar-refractivity contribution in [2.45, 2.75) is 45.6 Å². The maximum Gasteiger partial charge on any atom is 0.120 e. The van der Waals surface area contributed by atoms with E-state index in [1.165, 1.54) is 25.9 Å². The average molecular weight is 244 g/mol. The molecule has 0 aromatic heterocycles. The molecular weight excluding hydrogens is 216 g/mol. The molecule has 1 aliphatic rings. The lowest BCUT2D eigenvalue weighted by Crippen LogP contribution is -2.42. The number of nitrogens with one attached hydrogen (secondary N) is 1. The molecule has 102 valence electrons. The number of likely N-dealkylation sites (N-methyl/N-ethyl adjacent to an activating group) is 2. The lowest BCUT2D eigenvalue weighted by molar-refractivity contribution is -0.112. The number of rotatable bonds is 4. The molecular formula is C13H28N2O2. The van der Waals surface area contributed by atoms with Crippen LogP contribution in [0, 0.1) is 0 Å². The first-order valence-corrected chi connectivity index (χ1v) is 6.47. The topological polar surface area (TPSA) is 49.4 Å². The van der Waals surface area contributed by atoms with Gasteiger partial charge in [-0.25, -0.2) is 0 Å². The summed E-state index contributed by atoms with van der Waals surface area (Å²) in [5.41, 5.74) is 0. The monoisotopic (exact) mass is 244 g/mol. The van der Waals surface area contributed by atoms with Gasteiger partial charge in [-0.1, -0.05) is 13.8 Å². The third-order valence-electron chi connectivity index (χ3n) is 2.44. The smallest absolute Gasteiger partial charge is 0.120 e. The highest BCUT2D eigenvalue weighted by atomic mass is 16.1. The van der Waals surface area contributed by atoms with Crippen LogP contribution in [-0.4, -0.2) is 50.7 Å². The lowest BCUT2D eigenvalue weighted by atomic mass is 10.1. The van der Waals surface area contributed by atoms with Crippen molar-refractivity contribution in [1.82, 2.24) is 10.2 Å². The summed E-state index contributed by atoms with van der Waals surface area (Å²) in [5, 5.41) is 3.29. The average Bonchev–Trinajstić information content (AvgIpc) is 2.39. The Morgan fingerprint density at radius 3 is 2.06 bits per heavy atom. The Morgan fingerprint density at radius 2 is 1.76 bits per heavy atom. The molecule has 4 nitrogen and oxygen atoms in total. The zero-order valence-electron chi connectivity index (χ0n) is 11.7. The van der Waals surface area contributed by atoms with Gasteiger partial charge in [0.25, 0.3) is 0 Å². The molecule has 0 amide bonds. The molecule has 1 N–H and O–H groups in total. The highest BCUT2D eigenvalue weighted by Crippen LogP contribution is 2.06. The molecule has 1 aliphatic heterocycles. The van der Waals surface area contributed by atoms with Gasteiger partial charge < -0.3 is 19.8 Å². The minimum atomic E-state index is 0.365. The fourth-order valence-corrected chi connectivity index (χ4v) is 1.54. The van der Waals surface area contributed by atoms with Crippen molar-refractivity contribution < 1.29 is 9.59 Å². The molecule has 0 saturated carbocycles. The van der Waals surface area contributed by atoms with Crippen LogP contribution in [0.4, 0.5) is 0 Å². The Balaban J connectivity index is 0. The summed E-state index contributed by atoms with van der Waals surface area (Å²) in [5.74, 6) is 0. The molecule has 0 bridgehead atoms. The second-order valence-corrected chi connectivity index (χ2v) is 3.80. The molecule has 1 unspecified atom stereocenters. The van der Waals surface area contributed by atoms with E-state index >= 15 is 0 Å². The maximum atomic E-state index is 9.40. The number of likely N-dealkylation sites (tertiary alicyclic amines) is 1. The summed E-state index contributed by atoms with van der Waals surface area (Å²) >= 11 is 0. The Labute approximate surface area is 106 Å². The molecule has 0 aromatic carbocycles. The van der Waals surface area contributed by atoms with Gasteiger partial charge >= 0.3 is 0 Å². The van der Waals surface area contributed by atoms with E-state index in [2.05, 4.69) is 17.3 Å². The predicted octanol–water partition coefficient (Wildman–Crippen LogP) is 1.49. The van der Waals surface area contributed by atoms with Crippen LogP contribution >= 0.6 is 0 Å². The number of unbranched alkanes of at least 4 members (excludes halogenated alkanes) is 1. The van der Waals surface area contributed by atoms with Crippen molar-refractivity contribution >= 4 is 12.6 Å². The van der Waals surface area contributed by atoms with Gasteiger partial charge in [0.15, 0.2) is 0 Å². The Hall–Kier alpha value is -0.740. The molecule has 4 heteroatoms. The van der Waals surface area contributed by atoms with Crippen molar-refractivity contribution in [3.63, 3.8) is 0 Å². The van der Waals surface area contributed by atoms with Crippen LogP contribution in [0.2, 0.25) is 0 Å². The standard InChI is InChI=1S/C7H16N2.C4H6O2.C2H6/c1-8-7-4-3-5-9(2)6-7;5-3-1-2-4-6;1-2/h7-8H,3-6H2,1-2H3;3-4H,1-2H2;1-2H3. The van der Waals surface area contributed by atoms with Crippen LogP contribution in [0.5, 0.6) is 0 Å². The van der Waals surface area contributed by atoms with E-state index in [1.807, 2.05) is 20.9 Å². The molecule has 1 rings (SSSR count). The van der Waals surface area contributed by atoms with E-state index in [0.29, 0.717) is 12.8 Å². The number of carbonyl (C=O) groups is 2. The molecule has 17 heavy (non-hydrogen) atoms. The van der Waals surface area contributed by atoms with Crippen LogP contribution < -0.4 is 5.32 Å². The number of nitrogens with zero attached hydrogens (tertiary/aromatic N) is 1. The van der Waals surface area contributed by atoms with Crippen LogP contribution in [0.3, 0.4) is 0 Å². The van der Waals surface area contributed by atoms with Crippen LogP contribution in [-0.2, 0) is 9.59 Å². The maximum absolute atomic E-state index is 9.40. The van der Waals surface area contributed by atoms with Gasteiger partial charge in [-0.05, 0) is 33.5 Å². The number of hydrogen-bond donors (Lipinski definition) is 1. The van der Waals surface area contributed by atoms with Gasteiger partial charge in [-0.2, -0.15) is 0 Å². The number of carbonyl (C=O) groups excluding carboxylic acids is 2. The van der Waals surface area contributed by atoms with Gasteiger partial charge in [-0.3, -0.25) is 0 Å². The Morgan fingerprint density at radius 1 is 1.24 bits per heavy atom. The highest BCUT2D eigenvalue weighted by molar-refractivity contribution is 5.58. The summed E-state index contributed by atoms with van der Waals surface area (Å²) in [7, 11) is 4.23. The molecule has 0 aliphatic carbocycles. The predicted molar refractivity (Wildman–Crippen MR) is 72.3 cm³/mol. The van der Waals surface area contributed by atoms with Crippen molar-refractivity contribution in [3.8, 4) is 0 Å². The summed E-state index contributed by atoms with van der Waals surface area (Å²) < 4.78 is 0. The van der Waals surface area contributed by atoms with Gasteiger partial charge in [0, 0.05) is 25.4 Å². The van der Waals surface area contributed by atoms with E-state index in [1.54, 1.807) is 0 Å². The first-order valence-electron chi connectivity index (χ1n) is 6.47. The van der Waals surface area contributed by atoms with Crippen LogP contribution in [0.25, 0.3) is 0 Å². The molecule has 1 saturated heterocycles. The fraction of sp³-hybridized carbons (Fsp3) is 0.846. The normalized spacial score (nSPS) is 19.2. The van der Waals surface area contributed by atoms with Gasteiger partial charge in [0.1, 0.15) is 12.6 Å². The SMILES string of the molecule is CC.CNC1CCCN(C)C1.O=CCCC=O. The Kier molecular flexibility index (Phi) is 16.7. The Bertz CT molecular complexity index is 167. The molecule has 0 aromatic rings. The number of hydrogen-bond acceptors (Lipinski definition) is 4. The molecule has 0 radical (unpaired) electrons. The fourth-order valence-electron chi connectivity index (χ4n) is 1.54. The van der Waals surface area contributed by atoms with E-state index in [4.69, 9.17) is 0 Å². The minimum absolute atomic E-state index is 0.365. The molecule has 1 heterocycles. The zero-order valence-corrected chi connectivity index (χ0v) is 11.7. The van der Waals surface area contributed by atoms with E-state index in [-0.39, 0.29) is 0 Å². The van der Waals surface area contributed by atoms with E-state index in [9.17, 15) is 9.59 Å². The van der Waals surface area contributed by atoms with Crippen molar-refractivity contribution in [1.29, 1.82) is 0 Å². The summed E-state index contributed by atoms with van der Waals surface area (Å²) in [6, 6.07) is 0.740. The first kappa shape index (κ1) is 18.6. The number of piperidine rings is 1. The van der Waals surface area contributed by atoms with Gasteiger partial charge in [0.05, 0.1) is 0 Å². The van der Waals surface area contributed by atoms with Crippen molar-refractivity contribution in [2.24, 2.45) is 0 Å². The zero-order chi connectivity index (χ0) is 13.5. The van der Waals surface area contributed by atoms with Crippen LogP contribution in [0.1, 0.15) is 39.5 Å². The first-order chi connectivity index (χ1) is 8.24. The number of aldehydes is 2. The molecule has 0 spiro atoms. The van der Waals surface area contributed by atoms with E-state index in [0.717, 1.165) is 18.6 Å². The summed E-state index contributed by atoms with van der Waals surface area (Å²) in [4.78, 5) is 21.2. The van der Waals surface area contributed by atoms with E-state index < -0.39 is 0 Å². The summed E-state index contributed by atoms with van der Waals surface area (Å²) in [6.07, 6.45) is 4.89. The largest absolute Gasteiger partial charge is 0.316 e. The quantitative estimate of drug-likeness (QED) is 0.601.